The van der Waals surface area contributed by atoms with Crippen LogP contribution in [0.2, 0.25) is 10.0 Å². The van der Waals surface area contributed by atoms with Crippen LogP contribution in [0.4, 0.5) is 0 Å². The second-order valence-corrected chi connectivity index (χ2v) is 6.25. The van der Waals surface area contributed by atoms with Gasteiger partial charge in [-0.2, -0.15) is 0 Å². The Hall–Kier alpha value is -0.240. The third kappa shape index (κ3) is 4.46. The summed E-state index contributed by atoms with van der Waals surface area (Å²) in [7, 11) is 0. The molecule has 0 saturated carbocycles. The molecule has 0 aliphatic heterocycles. The fourth-order valence-electron chi connectivity index (χ4n) is 1.96. The maximum absolute atomic E-state index is 6.26. The van der Waals surface area contributed by atoms with Gasteiger partial charge in [0.2, 0.25) is 0 Å². The first-order valence-corrected chi connectivity index (χ1v) is 7.33. The Morgan fingerprint density at radius 1 is 1.06 bits per heavy atom. The Morgan fingerprint density at radius 2 is 1.72 bits per heavy atom. The predicted octanol–water partition coefficient (Wildman–Crippen LogP) is 4.98. The fraction of sp³-hybridized carbons (Fsp3) is 0.600. The maximum Gasteiger partial charge on any atom is 0.0627 e. The van der Waals surface area contributed by atoms with Gasteiger partial charge >= 0.3 is 0 Å². The van der Waals surface area contributed by atoms with Crippen molar-refractivity contribution in [3.63, 3.8) is 0 Å². The molecule has 1 rings (SSSR count). The highest BCUT2D eigenvalue weighted by molar-refractivity contribution is 6.42. The van der Waals surface area contributed by atoms with Crippen molar-refractivity contribution in [1.82, 2.24) is 5.32 Å². The molecule has 0 bridgehead atoms. The Kier molecular flexibility index (Phi) is 6.48. The topological polar surface area (TPSA) is 12.0 Å². The van der Waals surface area contributed by atoms with E-state index in [4.69, 9.17) is 23.2 Å². The van der Waals surface area contributed by atoms with Gasteiger partial charge in [0, 0.05) is 0 Å². The molecule has 0 amide bonds. The number of hydrogen-bond donors (Lipinski definition) is 1. The van der Waals surface area contributed by atoms with E-state index < -0.39 is 0 Å². The van der Waals surface area contributed by atoms with E-state index in [1.54, 1.807) is 0 Å². The molecule has 0 heterocycles. The van der Waals surface area contributed by atoms with Crippen LogP contribution in [0, 0.1) is 11.8 Å². The SMILES string of the molecule is CC(C)CNCC(C)C(C)c1cccc(Cl)c1Cl. The molecular formula is C15H23Cl2N. The van der Waals surface area contributed by atoms with Crippen molar-refractivity contribution in [2.45, 2.75) is 33.6 Å². The molecule has 1 aromatic carbocycles. The minimum Gasteiger partial charge on any atom is -0.316 e. The quantitative estimate of drug-likeness (QED) is 0.778. The average Bonchev–Trinajstić information content (AvgIpc) is 2.31. The Morgan fingerprint density at radius 3 is 2.33 bits per heavy atom. The Bertz CT molecular complexity index is 377. The molecule has 0 radical (unpaired) electrons. The monoisotopic (exact) mass is 287 g/mol. The van der Waals surface area contributed by atoms with Gasteiger partial charge in [-0.15, -0.1) is 0 Å². The summed E-state index contributed by atoms with van der Waals surface area (Å²) >= 11 is 12.3. The van der Waals surface area contributed by atoms with Crippen LogP contribution in [0.15, 0.2) is 18.2 Å². The fourth-order valence-corrected chi connectivity index (χ4v) is 2.44. The highest BCUT2D eigenvalue weighted by Gasteiger charge is 2.17. The Labute approximate surface area is 121 Å². The highest BCUT2D eigenvalue weighted by Crippen LogP contribution is 2.34. The standard InChI is InChI=1S/C15H23Cl2N/c1-10(2)8-18-9-11(3)12(4)13-6-5-7-14(16)15(13)17/h5-7,10-12,18H,8-9H2,1-4H3. The van der Waals surface area contributed by atoms with Gasteiger partial charge in [-0.25, -0.2) is 0 Å². The summed E-state index contributed by atoms with van der Waals surface area (Å²) in [5.41, 5.74) is 1.14. The van der Waals surface area contributed by atoms with Crippen LogP contribution in [-0.4, -0.2) is 13.1 Å². The van der Waals surface area contributed by atoms with Crippen molar-refractivity contribution < 1.29 is 0 Å². The summed E-state index contributed by atoms with van der Waals surface area (Å²) in [6, 6.07) is 5.87. The maximum atomic E-state index is 6.26. The summed E-state index contributed by atoms with van der Waals surface area (Å²) in [6.07, 6.45) is 0. The van der Waals surface area contributed by atoms with E-state index in [1.807, 2.05) is 12.1 Å². The van der Waals surface area contributed by atoms with Crippen LogP contribution in [0.3, 0.4) is 0 Å². The first kappa shape index (κ1) is 15.8. The summed E-state index contributed by atoms with van der Waals surface area (Å²) in [6.45, 7) is 10.9. The molecule has 2 atom stereocenters. The van der Waals surface area contributed by atoms with Crippen molar-refractivity contribution in [2.24, 2.45) is 11.8 Å². The van der Waals surface area contributed by atoms with Crippen LogP contribution in [-0.2, 0) is 0 Å². The number of rotatable bonds is 6. The second kappa shape index (κ2) is 7.37. The van der Waals surface area contributed by atoms with Gasteiger partial charge in [0.15, 0.2) is 0 Å². The van der Waals surface area contributed by atoms with E-state index in [9.17, 15) is 0 Å². The van der Waals surface area contributed by atoms with Gasteiger partial charge in [0.25, 0.3) is 0 Å². The molecule has 2 unspecified atom stereocenters. The van der Waals surface area contributed by atoms with E-state index in [-0.39, 0.29) is 0 Å². The van der Waals surface area contributed by atoms with Crippen LogP contribution in [0.25, 0.3) is 0 Å². The zero-order chi connectivity index (χ0) is 13.7. The first-order valence-electron chi connectivity index (χ1n) is 6.58. The highest BCUT2D eigenvalue weighted by atomic mass is 35.5. The van der Waals surface area contributed by atoms with Crippen LogP contribution in [0.5, 0.6) is 0 Å². The molecule has 18 heavy (non-hydrogen) atoms. The summed E-state index contributed by atoms with van der Waals surface area (Å²) in [5, 5.41) is 4.83. The molecular weight excluding hydrogens is 265 g/mol. The van der Waals surface area contributed by atoms with E-state index in [0.717, 1.165) is 18.7 Å². The van der Waals surface area contributed by atoms with Gasteiger partial charge in [-0.1, -0.05) is 63.0 Å². The number of benzene rings is 1. The summed E-state index contributed by atoms with van der Waals surface area (Å²) in [5.74, 6) is 1.61. The first-order chi connectivity index (χ1) is 8.43. The van der Waals surface area contributed by atoms with Crippen molar-refractivity contribution in [2.75, 3.05) is 13.1 Å². The van der Waals surface area contributed by atoms with Crippen LogP contribution < -0.4 is 5.32 Å². The molecule has 1 nitrogen and oxygen atoms in total. The molecule has 0 spiro atoms. The zero-order valence-corrected chi connectivity index (χ0v) is 13.1. The van der Waals surface area contributed by atoms with Gasteiger partial charge in [0.1, 0.15) is 0 Å². The van der Waals surface area contributed by atoms with Crippen molar-refractivity contribution >= 4 is 23.2 Å². The van der Waals surface area contributed by atoms with Gasteiger partial charge in [0.05, 0.1) is 10.0 Å². The largest absolute Gasteiger partial charge is 0.316 e. The van der Waals surface area contributed by atoms with Crippen molar-refractivity contribution in [1.29, 1.82) is 0 Å². The van der Waals surface area contributed by atoms with Crippen molar-refractivity contribution in [3.05, 3.63) is 33.8 Å². The Balaban J connectivity index is 2.62. The van der Waals surface area contributed by atoms with E-state index in [0.29, 0.717) is 27.8 Å². The second-order valence-electron chi connectivity index (χ2n) is 5.46. The molecule has 1 N–H and O–H groups in total. The molecule has 0 saturated heterocycles. The van der Waals surface area contributed by atoms with Crippen molar-refractivity contribution in [3.8, 4) is 0 Å². The predicted molar refractivity (Wildman–Crippen MR) is 81.7 cm³/mol. The molecule has 0 aromatic heterocycles. The molecule has 1 aromatic rings. The van der Waals surface area contributed by atoms with Crippen LogP contribution in [0.1, 0.15) is 39.2 Å². The lowest BCUT2D eigenvalue weighted by Crippen LogP contribution is -2.27. The molecule has 0 aliphatic rings. The van der Waals surface area contributed by atoms with E-state index in [1.165, 1.54) is 0 Å². The molecule has 102 valence electrons. The lowest BCUT2D eigenvalue weighted by atomic mass is 9.89. The summed E-state index contributed by atoms with van der Waals surface area (Å²) < 4.78 is 0. The van der Waals surface area contributed by atoms with Gasteiger partial charge < -0.3 is 5.32 Å². The number of halogens is 2. The minimum atomic E-state index is 0.399. The zero-order valence-electron chi connectivity index (χ0n) is 11.6. The molecule has 0 aliphatic carbocycles. The minimum absolute atomic E-state index is 0.399. The summed E-state index contributed by atoms with van der Waals surface area (Å²) in [4.78, 5) is 0. The van der Waals surface area contributed by atoms with E-state index >= 15 is 0 Å². The third-order valence-electron chi connectivity index (χ3n) is 3.34. The van der Waals surface area contributed by atoms with Crippen LogP contribution >= 0.6 is 23.2 Å². The number of hydrogen-bond acceptors (Lipinski definition) is 1. The number of nitrogens with one attached hydrogen (secondary N) is 1. The lowest BCUT2D eigenvalue weighted by Gasteiger charge is -2.22. The van der Waals surface area contributed by atoms with E-state index in [2.05, 4.69) is 39.1 Å². The third-order valence-corrected chi connectivity index (χ3v) is 4.18. The van der Waals surface area contributed by atoms with Gasteiger partial charge in [-0.05, 0) is 42.5 Å². The molecule has 3 heteroatoms. The normalized spacial score (nSPS) is 14.8. The smallest absolute Gasteiger partial charge is 0.0627 e. The average molecular weight is 288 g/mol. The molecule has 0 fully saturated rings. The van der Waals surface area contributed by atoms with Gasteiger partial charge in [-0.3, -0.25) is 0 Å². The lowest BCUT2D eigenvalue weighted by molar-refractivity contribution is 0.428.